The van der Waals surface area contributed by atoms with Gasteiger partial charge in [-0.15, -0.1) is 0 Å². The van der Waals surface area contributed by atoms with Crippen LogP contribution in [-0.4, -0.2) is 36.8 Å². The molecule has 1 amide bonds. The van der Waals surface area contributed by atoms with Gasteiger partial charge < -0.3 is 19.4 Å². The number of carbonyl (C=O) groups is 1. The predicted octanol–water partition coefficient (Wildman–Crippen LogP) is 3.09. The van der Waals surface area contributed by atoms with Crippen molar-refractivity contribution in [1.29, 1.82) is 0 Å². The van der Waals surface area contributed by atoms with Crippen LogP contribution in [0.3, 0.4) is 0 Å². The second-order valence-corrected chi connectivity index (χ2v) is 6.80. The van der Waals surface area contributed by atoms with Crippen molar-refractivity contribution in [2.24, 2.45) is 0 Å². The van der Waals surface area contributed by atoms with Crippen LogP contribution in [0.5, 0.6) is 0 Å². The van der Waals surface area contributed by atoms with Crippen molar-refractivity contribution in [3.8, 4) is 0 Å². The van der Waals surface area contributed by atoms with Crippen LogP contribution in [0.25, 0.3) is 11.1 Å². The molecule has 0 unspecified atom stereocenters. The molecule has 158 valence electrons. The smallest absolute Gasteiger partial charge is 0.408 e. The molecule has 0 saturated carbocycles. The van der Waals surface area contributed by atoms with Gasteiger partial charge in [0.2, 0.25) is 5.91 Å². The third kappa shape index (κ3) is 4.04. The Morgan fingerprint density at radius 2 is 1.83 bits per heavy atom. The van der Waals surface area contributed by atoms with Gasteiger partial charge in [0, 0.05) is 13.1 Å². The average Bonchev–Trinajstić information content (AvgIpc) is 3.03. The lowest BCUT2D eigenvalue weighted by molar-refractivity contribution is -0.137. The van der Waals surface area contributed by atoms with Crippen molar-refractivity contribution in [1.82, 2.24) is 4.57 Å². The second kappa shape index (κ2) is 7.86. The Hall–Kier alpha value is -3.27. The number of para-hydroxylation sites is 2. The van der Waals surface area contributed by atoms with E-state index in [4.69, 9.17) is 9.15 Å². The minimum Gasteiger partial charge on any atom is -0.408 e. The van der Waals surface area contributed by atoms with Crippen LogP contribution in [-0.2, 0) is 22.3 Å². The van der Waals surface area contributed by atoms with Gasteiger partial charge in [-0.2, -0.15) is 13.2 Å². The van der Waals surface area contributed by atoms with E-state index in [0.717, 1.165) is 16.7 Å². The number of nitrogens with one attached hydrogen (secondary N) is 1. The Balaban J connectivity index is 1.63. The monoisotopic (exact) mass is 421 g/mol. The van der Waals surface area contributed by atoms with Crippen molar-refractivity contribution in [2.75, 3.05) is 36.5 Å². The van der Waals surface area contributed by atoms with Crippen molar-refractivity contribution in [3.05, 3.63) is 58.6 Å². The van der Waals surface area contributed by atoms with E-state index in [1.807, 2.05) is 4.90 Å². The number of carbonyl (C=O) groups excluding carboxylic acids is 1. The molecule has 0 spiro atoms. The maximum absolute atomic E-state index is 13.2. The summed E-state index contributed by atoms with van der Waals surface area (Å²) in [7, 11) is 0. The Labute approximate surface area is 168 Å². The first-order valence-electron chi connectivity index (χ1n) is 9.25. The number of anilines is 2. The summed E-state index contributed by atoms with van der Waals surface area (Å²) in [5.41, 5.74) is 0.362. The topological polar surface area (TPSA) is 76.7 Å². The lowest BCUT2D eigenvalue weighted by Gasteiger charge is -2.31. The highest BCUT2D eigenvalue weighted by Crippen LogP contribution is 2.35. The molecular formula is C20H18F3N3O4. The van der Waals surface area contributed by atoms with Crippen LogP contribution >= 0.6 is 0 Å². The minimum atomic E-state index is -4.55. The normalized spacial score (nSPS) is 14.8. The maximum atomic E-state index is 13.2. The molecule has 3 aromatic rings. The Morgan fingerprint density at radius 3 is 2.57 bits per heavy atom. The number of aromatic nitrogens is 1. The number of fused-ring (bicyclic) bond motifs is 1. The van der Waals surface area contributed by atoms with E-state index in [9.17, 15) is 22.8 Å². The SMILES string of the molecule is O=C(Cn1c(=O)oc2ccccc21)Nc1cc(C(F)(F)F)ccc1N1CCOCC1. The number of benzene rings is 2. The summed E-state index contributed by atoms with van der Waals surface area (Å²) in [5, 5.41) is 2.53. The number of amides is 1. The Bertz CT molecular complexity index is 1130. The maximum Gasteiger partial charge on any atom is 0.420 e. The number of nitrogens with zero attached hydrogens (tertiary/aromatic N) is 2. The molecule has 0 bridgehead atoms. The Morgan fingerprint density at radius 1 is 1.10 bits per heavy atom. The molecule has 1 aliphatic rings. The lowest BCUT2D eigenvalue weighted by Crippen LogP contribution is -2.37. The highest BCUT2D eigenvalue weighted by Gasteiger charge is 2.32. The van der Waals surface area contributed by atoms with E-state index in [1.54, 1.807) is 24.3 Å². The minimum absolute atomic E-state index is 0.0255. The van der Waals surface area contributed by atoms with Crippen LogP contribution < -0.4 is 16.0 Å². The Kier molecular flexibility index (Phi) is 5.25. The summed E-state index contributed by atoms with van der Waals surface area (Å²) in [5.74, 6) is -1.36. The van der Waals surface area contributed by atoms with Crippen molar-refractivity contribution >= 4 is 28.4 Å². The number of rotatable bonds is 4. The van der Waals surface area contributed by atoms with Crippen molar-refractivity contribution in [2.45, 2.75) is 12.7 Å². The van der Waals surface area contributed by atoms with Crippen molar-refractivity contribution < 1.29 is 27.1 Å². The molecule has 30 heavy (non-hydrogen) atoms. The molecule has 1 saturated heterocycles. The highest BCUT2D eigenvalue weighted by molar-refractivity contribution is 5.95. The van der Waals surface area contributed by atoms with Gasteiger partial charge in [-0.25, -0.2) is 4.79 Å². The largest absolute Gasteiger partial charge is 0.420 e. The first kappa shape index (κ1) is 20.0. The summed E-state index contributed by atoms with van der Waals surface area (Å²) in [6, 6.07) is 9.81. The number of hydrogen-bond donors (Lipinski definition) is 1. The quantitative estimate of drug-likeness (QED) is 0.701. The third-order valence-corrected chi connectivity index (χ3v) is 4.83. The zero-order valence-electron chi connectivity index (χ0n) is 15.7. The second-order valence-electron chi connectivity index (χ2n) is 6.80. The van der Waals surface area contributed by atoms with Crippen LogP contribution in [0.1, 0.15) is 5.56 Å². The molecule has 10 heteroatoms. The van der Waals surface area contributed by atoms with Gasteiger partial charge in [0.05, 0.1) is 35.7 Å². The summed E-state index contributed by atoms with van der Waals surface area (Å²) in [4.78, 5) is 26.6. The van der Waals surface area contributed by atoms with Gasteiger partial charge in [-0.1, -0.05) is 12.1 Å². The molecule has 0 radical (unpaired) electrons. The molecule has 1 N–H and O–H groups in total. The molecular weight excluding hydrogens is 403 g/mol. The van der Waals surface area contributed by atoms with E-state index >= 15 is 0 Å². The van der Waals surface area contributed by atoms with E-state index in [1.165, 1.54) is 6.07 Å². The molecule has 1 aliphatic heterocycles. The van der Waals surface area contributed by atoms with Crippen LogP contribution in [0, 0.1) is 0 Å². The molecule has 2 aromatic carbocycles. The highest BCUT2D eigenvalue weighted by atomic mass is 19.4. The summed E-state index contributed by atoms with van der Waals surface area (Å²) < 4.78 is 51.1. The van der Waals surface area contributed by atoms with E-state index in [-0.39, 0.29) is 5.69 Å². The molecule has 2 heterocycles. The fourth-order valence-electron chi connectivity index (χ4n) is 3.39. The van der Waals surface area contributed by atoms with Gasteiger partial charge in [-0.05, 0) is 30.3 Å². The average molecular weight is 421 g/mol. The van der Waals surface area contributed by atoms with Crippen LogP contribution in [0.4, 0.5) is 24.5 Å². The summed E-state index contributed by atoms with van der Waals surface area (Å²) in [6.07, 6.45) is -4.55. The standard InChI is InChI=1S/C20H18F3N3O4/c21-20(22,23)13-5-6-15(25-7-9-29-10-8-25)14(11-13)24-18(27)12-26-16-3-1-2-4-17(16)30-19(26)28/h1-6,11H,7-10,12H2,(H,24,27). The molecule has 7 nitrogen and oxygen atoms in total. The number of ether oxygens (including phenoxy) is 1. The number of oxazole rings is 1. The van der Waals surface area contributed by atoms with Gasteiger partial charge in [0.1, 0.15) is 6.54 Å². The molecule has 0 atom stereocenters. The van der Waals surface area contributed by atoms with Gasteiger partial charge in [0.15, 0.2) is 5.58 Å². The van der Waals surface area contributed by atoms with Crippen molar-refractivity contribution in [3.63, 3.8) is 0 Å². The fraction of sp³-hybridized carbons (Fsp3) is 0.300. The summed E-state index contributed by atoms with van der Waals surface area (Å²) in [6.45, 7) is 1.45. The zero-order chi connectivity index (χ0) is 21.3. The van der Waals surface area contributed by atoms with Crippen LogP contribution in [0.2, 0.25) is 0 Å². The fourth-order valence-corrected chi connectivity index (χ4v) is 3.39. The van der Waals surface area contributed by atoms with Crippen LogP contribution in [0.15, 0.2) is 51.7 Å². The van der Waals surface area contributed by atoms with E-state index in [2.05, 4.69) is 5.32 Å². The number of morpholine rings is 1. The van der Waals surface area contributed by atoms with Gasteiger partial charge in [-0.3, -0.25) is 9.36 Å². The van der Waals surface area contributed by atoms with E-state index in [0.29, 0.717) is 43.1 Å². The summed E-state index contributed by atoms with van der Waals surface area (Å²) >= 11 is 0. The molecule has 1 fully saturated rings. The third-order valence-electron chi connectivity index (χ3n) is 4.83. The molecule has 1 aromatic heterocycles. The zero-order valence-corrected chi connectivity index (χ0v) is 15.7. The first-order valence-corrected chi connectivity index (χ1v) is 9.25. The lowest BCUT2D eigenvalue weighted by atomic mass is 10.1. The molecule has 0 aliphatic carbocycles. The molecule has 4 rings (SSSR count). The van der Waals surface area contributed by atoms with E-state index < -0.39 is 29.9 Å². The number of hydrogen-bond acceptors (Lipinski definition) is 5. The predicted molar refractivity (Wildman–Crippen MR) is 104 cm³/mol. The van der Waals surface area contributed by atoms with Gasteiger partial charge in [0.25, 0.3) is 0 Å². The first-order chi connectivity index (χ1) is 14.3. The number of alkyl halides is 3. The number of halogens is 3. The van der Waals surface area contributed by atoms with Gasteiger partial charge >= 0.3 is 11.9 Å².